The second kappa shape index (κ2) is 3.46. The standard InChI is InChI=1S/C4H4F3NO.ClH/c1-2(3(8)9)4(5,6)7;/h1H2,(H2,8,9);1H. The van der Waals surface area contributed by atoms with Crippen molar-refractivity contribution in [2.24, 2.45) is 5.73 Å². The van der Waals surface area contributed by atoms with Crippen LogP contribution < -0.4 is 5.73 Å². The highest BCUT2D eigenvalue weighted by Crippen LogP contribution is 2.22. The topological polar surface area (TPSA) is 43.1 Å². The molecule has 0 rings (SSSR count). The van der Waals surface area contributed by atoms with Gasteiger partial charge in [0, 0.05) is 0 Å². The SMILES string of the molecule is C=C(C(N)=O)C(F)(F)F.Cl. The Morgan fingerprint density at radius 2 is 1.70 bits per heavy atom. The second-order valence-electron chi connectivity index (χ2n) is 1.34. The van der Waals surface area contributed by atoms with Gasteiger partial charge in [0.1, 0.15) is 5.57 Å². The Hall–Kier alpha value is -0.710. The summed E-state index contributed by atoms with van der Waals surface area (Å²) in [6.07, 6.45) is -4.69. The monoisotopic (exact) mass is 175 g/mol. The smallest absolute Gasteiger partial charge is 0.366 e. The summed E-state index contributed by atoms with van der Waals surface area (Å²) < 4.78 is 33.9. The third-order valence-electron chi connectivity index (χ3n) is 0.640. The largest absolute Gasteiger partial charge is 0.421 e. The minimum atomic E-state index is -4.69. The molecule has 2 N–H and O–H groups in total. The number of carbonyl (C=O) groups is 1. The van der Waals surface area contributed by atoms with Crippen molar-refractivity contribution >= 4 is 18.3 Å². The summed E-state index contributed by atoms with van der Waals surface area (Å²) in [4.78, 5) is 9.75. The van der Waals surface area contributed by atoms with Crippen molar-refractivity contribution in [3.05, 3.63) is 12.2 Å². The lowest BCUT2D eigenvalue weighted by molar-refractivity contribution is -0.127. The molecule has 6 heteroatoms. The van der Waals surface area contributed by atoms with Crippen LogP contribution in [0.3, 0.4) is 0 Å². The molecule has 0 saturated heterocycles. The molecule has 0 unspecified atom stereocenters. The van der Waals surface area contributed by atoms with E-state index in [1.165, 1.54) is 0 Å². The first-order chi connectivity index (χ1) is 3.85. The number of amides is 1. The van der Waals surface area contributed by atoms with Crippen molar-refractivity contribution in [2.45, 2.75) is 6.18 Å². The first kappa shape index (κ1) is 12.0. The first-order valence-corrected chi connectivity index (χ1v) is 1.91. The molecule has 0 aliphatic rings. The molecule has 0 atom stereocenters. The summed E-state index contributed by atoms with van der Waals surface area (Å²) in [6.45, 7) is 2.43. The van der Waals surface area contributed by atoms with E-state index >= 15 is 0 Å². The third-order valence-corrected chi connectivity index (χ3v) is 0.640. The van der Waals surface area contributed by atoms with Crippen LogP contribution >= 0.6 is 12.4 Å². The van der Waals surface area contributed by atoms with Crippen molar-refractivity contribution in [1.82, 2.24) is 0 Å². The molecule has 0 heterocycles. The number of alkyl halides is 3. The summed E-state index contributed by atoms with van der Waals surface area (Å²) in [5, 5.41) is 0. The fourth-order valence-electron chi connectivity index (χ4n) is 0.140. The third kappa shape index (κ3) is 3.34. The molecule has 0 bridgehead atoms. The molecule has 0 saturated carbocycles. The van der Waals surface area contributed by atoms with Gasteiger partial charge in [0.05, 0.1) is 0 Å². The predicted octanol–water partition coefficient (Wildman–Crippen LogP) is 1.01. The van der Waals surface area contributed by atoms with E-state index in [0.29, 0.717) is 0 Å². The molecule has 2 nitrogen and oxygen atoms in total. The normalized spacial score (nSPS) is 9.90. The number of carbonyl (C=O) groups excluding carboxylic acids is 1. The van der Waals surface area contributed by atoms with Crippen molar-refractivity contribution in [3.63, 3.8) is 0 Å². The molecule has 0 fully saturated rings. The number of rotatable bonds is 1. The van der Waals surface area contributed by atoms with Gasteiger partial charge in [-0.05, 0) is 0 Å². The van der Waals surface area contributed by atoms with E-state index in [-0.39, 0.29) is 12.4 Å². The van der Waals surface area contributed by atoms with Crippen LogP contribution in [0.2, 0.25) is 0 Å². The summed E-state index contributed by atoms with van der Waals surface area (Å²) in [5.41, 5.74) is 2.74. The van der Waals surface area contributed by atoms with Gasteiger partial charge in [-0.15, -0.1) is 12.4 Å². The van der Waals surface area contributed by atoms with Crippen molar-refractivity contribution < 1.29 is 18.0 Å². The Kier molecular flexibility index (Phi) is 4.15. The Balaban J connectivity index is 0. The Labute approximate surface area is 61.3 Å². The van der Waals surface area contributed by atoms with Gasteiger partial charge in [0.15, 0.2) is 0 Å². The molecule has 0 spiro atoms. The molecule has 10 heavy (non-hydrogen) atoms. The Morgan fingerprint density at radius 3 is 1.70 bits per heavy atom. The molecular weight excluding hydrogens is 170 g/mol. The van der Waals surface area contributed by atoms with Gasteiger partial charge in [-0.3, -0.25) is 4.79 Å². The van der Waals surface area contributed by atoms with Gasteiger partial charge in [0.25, 0.3) is 5.91 Å². The van der Waals surface area contributed by atoms with Crippen LogP contribution in [-0.4, -0.2) is 12.1 Å². The Morgan fingerprint density at radius 1 is 1.40 bits per heavy atom. The highest BCUT2D eigenvalue weighted by atomic mass is 35.5. The van der Waals surface area contributed by atoms with E-state index in [1.54, 1.807) is 0 Å². The minimum absolute atomic E-state index is 0. The molecule has 1 amide bonds. The van der Waals surface area contributed by atoms with Crippen LogP contribution in [-0.2, 0) is 4.79 Å². The highest BCUT2D eigenvalue weighted by molar-refractivity contribution is 5.92. The maximum absolute atomic E-state index is 11.3. The molecule has 0 aliphatic carbocycles. The molecular formula is C4H5ClF3NO. The van der Waals surface area contributed by atoms with Gasteiger partial charge < -0.3 is 5.73 Å². The second-order valence-corrected chi connectivity index (χ2v) is 1.34. The van der Waals surface area contributed by atoms with E-state index in [1.807, 2.05) is 0 Å². The number of nitrogens with two attached hydrogens (primary N) is 1. The fourth-order valence-corrected chi connectivity index (χ4v) is 0.140. The lowest BCUT2D eigenvalue weighted by Gasteiger charge is -2.03. The molecule has 0 aromatic carbocycles. The lowest BCUT2D eigenvalue weighted by atomic mass is 10.3. The van der Waals surface area contributed by atoms with E-state index in [9.17, 15) is 18.0 Å². The number of hydrogen-bond acceptors (Lipinski definition) is 1. The zero-order chi connectivity index (χ0) is 7.65. The zero-order valence-electron chi connectivity index (χ0n) is 4.73. The van der Waals surface area contributed by atoms with Crippen LogP contribution in [0.25, 0.3) is 0 Å². The van der Waals surface area contributed by atoms with Gasteiger partial charge in [-0.1, -0.05) is 6.58 Å². The first-order valence-electron chi connectivity index (χ1n) is 1.91. The van der Waals surface area contributed by atoms with E-state index in [0.717, 1.165) is 0 Å². The maximum Gasteiger partial charge on any atom is 0.421 e. The Bertz CT molecular complexity index is 153. The van der Waals surface area contributed by atoms with Crippen LogP contribution in [0, 0.1) is 0 Å². The maximum atomic E-state index is 11.3. The molecule has 0 aromatic heterocycles. The molecule has 0 aliphatic heterocycles. The van der Waals surface area contributed by atoms with E-state index in [4.69, 9.17) is 0 Å². The van der Waals surface area contributed by atoms with Crippen LogP contribution in [0.1, 0.15) is 0 Å². The van der Waals surface area contributed by atoms with E-state index < -0.39 is 17.7 Å². The van der Waals surface area contributed by atoms with Gasteiger partial charge in [0.2, 0.25) is 0 Å². The van der Waals surface area contributed by atoms with Gasteiger partial charge >= 0.3 is 6.18 Å². The number of halogens is 4. The number of hydrogen-bond donors (Lipinski definition) is 1. The highest BCUT2D eigenvalue weighted by Gasteiger charge is 2.35. The number of primary amides is 1. The summed E-state index contributed by atoms with van der Waals surface area (Å²) in [7, 11) is 0. The van der Waals surface area contributed by atoms with Crippen molar-refractivity contribution in [2.75, 3.05) is 0 Å². The van der Waals surface area contributed by atoms with Crippen LogP contribution in [0.4, 0.5) is 13.2 Å². The summed E-state index contributed by atoms with van der Waals surface area (Å²) in [5.74, 6) is -1.54. The molecule has 60 valence electrons. The minimum Gasteiger partial charge on any atom is -0.366 e. The average molecular weight is 176 g/mol. The van der Waals surface area contributed by atoms with Crippen LogP contribution in [0.5, 0.6) is 0 Å². The van der Waals surface area contributed by atoms with Gasteiger partial charge in [-0.25, -0.2) is 0 Å². The predicted molar refractivity (Wildman–Crippen MR) is 31.6 cm³/mol. The molecule has 0 radical (unpaired) electrons. The quantitative estimate of drug-likeness (QED) is 0.594. The summed E-state index contributed by atoms with van der Waals surface area (Å²) >= 11 is 0. The summed E-state index contributed by atoms with van der Waals surface area (Å²) in [6, 6.07) is 0. The zero-order valence-corrected chi connectivity index (χ0v) is 5.55. The average Bonchev–Trinajstić information content (AvgIpc) is 1.62. The van der Waals surface area contributed by atoms with Crippen LogP contribution in [0.15, 0.2) is 12.2 Å². The van der Waals surface area contributed by atoms with E-state index in [2.05, 4.69) is 12.3 Å². The van der Waals surface area contributed by atoms with Gasteiger partial charge in [-0.2, -0.15) is 13.2 Å². The fraction of sp³-hybridized carbons (Fsp3) is 0.250. The molecule has 0 aromatic rings. The van der Waals surface area contributed by atoms with Crippen molar-refractivity contribution in [1.29, 1.82) is 0 Å². The van der Waals surface area contributed by atoms with Crippen molar-refractivity contribution in [3.8, 4) is 0 Å². The lowest BCUT2D eigenvalue weighted by Crippen LogP contribution is -2.24.